The zero-order valence-electron chi connectivity index (χ0n) is 9.90. The minimum absolute atomic E-state index is 0.0498. The number of amides is 1. The van der Waals surface area contributed by atoms with Crippen LogP contribution in [0.2, 0.25) is 0 Å². The molecule has 0 aromatic heterocycles. The van der Waals surface area contributed by atoms with Gasteiger partial charge in [-0.1, -0.05) is 6.58 Å². The first-order chi connectivity index (χ1) is 7.43. The Kier molecular flexibility index (Phi) is 3.72. The van der Waals surface area contributed by atoms with Crippen LogP contribution in [-0.4, -0.2) is 17.1 Å². The summed E-state index contributed by atoms with van der Waals surface area (Å²) in [7, 11) is 0. The second kappa shape index (κ2) is 4.84. The number of nitrogens with zero attached hydrogens (tertiary/aromatic N) is 1. The van der Waals surface area contributed by atoms with Crippen molar-refractivity contribution in [3.8, 4) is 5.75 Å². The van der Waals surface area contributed by atoms with Crippen LogP contribution in [0, 0.1) is 0 Å². The molecule has 86 valence electrons. The van der Waals surface area contributed by atoms with E-state index in [1.54, 1.807) is 36.1 Å². The molecule has 0 fully saturated rings. The summed E-state index contributed by atoms with van der Waals surface area (Å²) >= 11 is 0. The Morgan fingerprint density at radius 3 is 2.19 bits per heavy atom. The lowest BCUT2D eigenvalue weighted by atomic mass is 10.2. The zero-order chi connectivity index (χ0) is 12.3. The van der Waals surface area contributed by atoms with Gasteiger partial charge in [0.05, 0.1) is 0 Å². The molecule has 0 saturated carbocycles. The molecule has 1 rings (SSSR count). The number of hydrogen-bond donors (Lipinski definition) is 1. The van der Waals surface area contributed by atoms with Gasteiger partial charge in [0.2, 0.25) is 0 Å². The molecule has 3 heteroatoms. The van der Waals surface area contributed by atoms with E-state index in [-0.39, 0.29) is 17.7 Å². The SMILES string of the molecule is C=C(C)C(=O)N(c1ccc(O)cc1)C(C)C. The molecule has 0 radical (unpaired) electrons. The van der Waals surface area contributed by atoms with Crippen LogP contribution in [0.5, 0.6) is 5.75 Å². The van der Waals surface area contributed by atoms with Crippen LogP contribution >= 0.6 is 0 Å². The lowest BCUT2D eigenvalue weighted by molar-refractivity contribution is -0.115. The monoisotopic (exact) mass is 219 g/mol. The zero-order valence-corrected chi connectivity index (χ0v) is 9.90. The van der Waals surface area contributed by atoms with E-state index >= 15 is 0 Å². The number of carbonyl (C=O) groups excluding carboxylic acids is 1. The van der Waals surface area contributed by atoms with E-state index < -0.39 is 0 Å². The molecule has 0 aliphatic heterocycles. The summed E-state index contributed by atoms with van der Waals surface area (Å²) < 4.78 is 0. The van der Waals surface area contributed by atoms with E-state index in [1.165, 1.54) is 0 Å². The Morgan fingerprint density at radius 1 is 1.31 bits per heavy atom. The molecule has 1 aromatic carbocycles. The Hall–Kier alpha value is -1.77. The summed E-state index contributed by atoms with van der Waals surface area (Å²) in [6.45, 7) is 9.23. The van der Waals surface area contributed by atoms with Gasteiger partial charge in [-0.3, -0.25) is 4.79 Å². The van der Waals surface area contributed by atoms with E-state index in [2.05, 4.69) is 6.58 Å². The largest absolute Gasteiger partial charge is 0.508 e. The Balaban J connectivity index is 3.08. The van der Waals surface area contributed by atoms with Crippen molar-refractivity contribution in [3.05, 3.63) is 36.4 Å². The quantitative estimate of drug-likeness (QED) is 0.794. The van der Waals surface area contributed by atoms with Crippen molar-refractivity contribution in [2.75, 3.05) is 4.90 Å². The molecule has 0 aliphatic rings. The summed E-state index contributed by atoms with van der Waals surface area (Å²) in [4.78, 5) is 13.6. The Bertz CT molecular complexity index is 393. The molecular weight excluding hydrogens is 202 g/mol. The predicted molar refractivity (Wildman–Crippen MR) is 65.5 cm³/mol. The first kappa shape index (κ1) is 12.3. The molecule has 0 aliphatic carbocycles. The molecule has 0 atom stereocenters. The van der Waals surface area contributed by atoms with Crippen LogP contribution in [0.25, 0.3) is 0 Å². The van der Waals surface area contributed by atoms with Crippen molar-refractivity contribution in [1.29, 1.82) is 0 Å². The van der Waals surface area contributed by atoms with E-state index in [1.807, 2.05) is 13.8 Å². The predicted octanol–water partition coefficient (Wildman–Crippen LogP) is 2.71. The lowest BCUT2D eigenvalue weighted by Crippen LogP contribution is -2.37. The van der Waals surface area contributed by atoms with Gasteiger partial charge in [0.15, 0.2) is 0 Å². The number of benzene rings is 1. The normalized spacial score (nSPS) is 10.2. The molecule has 1 amide bonds. The molecule has 3 nitrogen and oxygen atoms in total. The topological polar surface area (TPSA) is 40.5 Å². The van der Waals surface area contributed by atoms with Gasteiger partial charge in [-0.05, 0) is 45.0 Å². The molecule has 1 aromatic rings. The second-order valence-corrected chi connectivity index (χ2v) is 4.07. The summed E-state index contributed by atoms with van der Waals surface area (Å²) in [5.74, 6) is 0.0934. The molecule has 1 N–H and O–H groups in total. The van der Waals surface area contributed by atoms with Crippen molar-refractivity contribution in [2.24, 2.45) is 0 Å². The number of phenolic OH excluding ortho intramolecular Hbond substituents is 1. The average molecular weight is 219 g/mol. The number of carbonyl (C=O) groups is 1. The number of phenols is 1. The van der Waals surface area contributed by atoms with Gasteiger partial charge in [-0.15, -0.1) is 0 Å². The van der Waals surface area contributed by atoms with E-state index in [0.717, 1.165) is 5.69 Å². The lowest BCUT2D eigenvalue weighted by Gasteiger charge is -2.27. The third-order valence-electron chi connectivity index (χ3n) is 2.23. The smallest absolute Gasteiger partial charge is 0.253 e. The summed E-state index contributed by atoms with van der Waals surface area (Å²) in [5, 5.41) is 9.20. The maximum absolute atomic E-state index is 11.9. The van der Waals surface area contributed by atoms with Crippen molar-refractivity contribution in [2.45, 2.75) is 26.8 Å². The van der Waals surface area contributed by atoms with Crippen molar-refractivity contribution >= 4 is 11.6 Å². The standard InChI is InChI=1S/C13H17NO2/c1-9(2)13(16)14(10(3)4)11-5-7-12(15)8-6-11/h5-8,10,15H,1H2,2-4H3. The van der Waals surface area contributed by atoms with Gasteiger partial charge in [0.1, 0.15) is 5.75 Å². The molecule has 0 heterocycles. The van der Waals surface area contributed by atoms with Gasteiger partial charge in [0.25, 0.3) is 5.91 Å². The minimum Gasteiger partial charge on any atom is -0.508 e. The number of hydrogen-bond acceptors (Lipinski definition) is 2. The highest BCUT2D eigenvalue weighted by atomic mass is 16.3. The fourth-order valence-corrected chi connectivity index (χ4v) is 1.47. The summed E-state index contributed by atoms with van der Waals surface area (Å²) in [5.41, 5.74) is 1.27. The molecule has 0 bridgehead atoms. The Labute approximate surface area is 96.0 Å². The van der Waals surface area contributed by atoms with Gasteiger partial charge < -0.3 is 10.0 Å². The van der Waals surface area contributed by atoms with Crippen LogP contribution in [-0.2, 0) is 4.79 Å². The molecule has 16 heavy (non-hydrogen) atoms. The third-order valence-corrected chi connectivity index (χ3v) is 2.23. The van der Waals surface area contributed by atoms with Crippen LogP contribution in [0.4, 0.5) is 5.69 Å². The molecule has 0 saturated heterocycles. The summed E-state index contributed by atoms with van der Waals surface area (Å²) in [6, 6.07) is 6.62. The minimum atomic E-state index is -0.0966. The summed E-state index contributed by atoms with van der Waals surface area (Å²) in [6.07, 6.45) is 0. The fourth-order valence-electron chi connectivity index (χ4n) is 1.47. The first-order valence-corrected chi connectivity index (χ1v) is 5.21. The maximum atomic E-state index is 11.9. The van der Waals surface area contributed by atoms with Gasteiger partial charge in [-0.2, -0.15) is 0 Å². The number of rotatable bonds is 3. The average Bonchev–Trinajstić information content (AvgIpc) is 2.20. The van der Waals surface area contributed by atoms with Crippen molar-refractivity contribution in [3.63, 3.8) is 0 Å². The highest BCUT2D eigenvalue weighted by Gasteiger charge is 2.19. The van der Waals surface area contributed by atoms with Gasteiger partial charge >= 0.3 is 0 Å². The number of anilines is 1. The van der Waals surface area contributed by atoms with Crippen LogP contribution < -0.4 is 4.90 Å². The maximum Gasteiger partial charge on any atom is 0.253 e. The second-order valence-electron chi connectivity index (χ2n) is 4.07. The van der Waals surface area contributed by atoms with E-state index in [4.69, 9.17) is 0 Å². The van der Waals surface area contributed by atoms with Gasteiger partial charge in [0, 0.05) is 17.3 Å². The highest BCUT2D eigenvalue weighted by Crippen LogP contribution is 2.21. The van der Waals surface area contributed by atoms with Crippen LogP contribution in [0.3, 0.4) is 0 Å². The molecule has 0 spiro atoms. The number of aromatic hydroxyl groups is 1. The van der Waals surface area contributed by atoms with Crippen LogP contribution in [0.15, 0.2) is 36.4 Å². The Morgan fingerprint density at radius 2 is 1.81 bits per heavy atom. The van der Waals surface area contributed by atoms with Crippen LogP contribution in [0.1, 0.15) is 20.8 Å². The first-order valence-electron chi connectivity index (χ1n) is 5.21. The van der Waals surface area contributed by atoms with Crippen molar-refractivity contribution in [1.82, 2.24) is 0 Å². The third kappa shape index (κ3) is 2.63. The van der Waals surface area contributed by atoms with E-state index in [0.29, 0.717) is 5.57 Å². The molecular formula is C13H17NO2. The molecule has 0 unspecified atom stereocenters. The van der Waals surface area contributed by atoms with E-state index in [9.17, 15) is 9.90 Å². The van der Waals surface area contributed by atoms with Crippen molar-refractivity contribution < 1.29 is 9.90 Å². The van der Waals surface area contributed by atoms with Gasteiger partial charge in [-0.25, -0.2) is 0 Å². The highest BCUT2D eigenvalue weighted by molar-refractivity contribution is 6.05. The fraction of sp³-hybridized carbons (Fsp3) is 0.308.